The van der Waals surface area contributed by atoms with Crippen molar-refractivity contribution in [1.82, 2.24) is 5.32 Å². The van der Waals surface area contributed by atoms with Crippen LogP contribution in [0.3, 0.4) is 0 Å². The lowest BCUT2D eigenvalue weighted by atomic mass is 10.0. The number of aliphatic hydroxyl groups excluding tert-OH is 2. The maximum absolute atomic E-state index is 12.7. The van der Waals surface area contributed by atoms with Crippen LogP contribution in [-0.4, -0.2) is 59.2 Å². The molecule has 1 rings (SSSR count). The van der Waals surface area contributed by atoms with Crippen molar-refractivity contribution in [1.29, 1.82) is 0 Å². The van der Waals surface area contributed by atoms with Crippen LogP contribution < -0.4 is 5.32 Å². The number of esters is 1. The second kappa shape index (κ2) is 16.3. The molecule has 1 unspecified atom stereocenters. The number of hydrogen-bond donors (Lipinski definition) is 5. The molecule has 1 aromatic carbocycles. The number of rotatable bonds is 13. The number of amides is 1. The maximum Gasteiger partial charge on any atom is 0.342 e. The minimum Gasteiger partial charge on any atom is -0.507 e. The third-order valence-corrected chi connectivity index (χ3v) is 5.05. The number of carbonyl (C=O) groups excluding carboxylic acids is 2. The van der Waals surface area contributed by atoms with E-state index in [0.717, 1.165) is 6.07 Å². The highest BCUT2D eigenvalue weighted by molar-refractivity contribution is 6.33. The van der Waals surface area contributed by atoms with Crippen LogP contribution in [-0.2, 0) is 20.7 Å². The van der Waals surface area contributed by atoms with Crippen molar-refractivity contribution in [2.75, 3.05) is 20.3 Å². The Kier molecular flexibility index (Phi) is 14.7. The van der Waals surface area contributed by atoms with Crippen molar-refractivity contribution in [2.24, 2.45) is 0 Å². The van der Waals surface area contributed by atoms with Crippen molar-refractivity contribution in [3.05, 3.63) is 45.4 Å². The van der Waals surface area contributed by atoms with Crippen molar-refractivity contribution in [3.63, 3.8) is 0 Å². The molecule has 0 heterocycles. The van der Waals surface area contributed by atoms with Gasteiger partial charge < -0.3 is 35.2 Å². The molecule has 1 amide bonds. The van der Waals surface area contributed by atoms with Gasteiger partial charge in [-0.15, -0.1) is 12.8 Å². The first-order valence-electron chi connectivity index (χ1n) is 10.4. The summed E-state index contributed by atoms with van der Waals surface area (Å²) in [6.45, 7) is 3.18. The van der Waals surface area contributed by atoms with Gasteiger partial charge in [-0.1, -0.05) is 24.9 Å². The average molecular weight is 498 g/mol. The molecule has 0 saturated heterocycles. The number of carbonyl (C=O) groups is 2. The SMILES string of the molecule is C#C.CCCc1c(Cl)c(O)cc(O)c1C(=O)OC(C)CC/C(CO)=C(OC)/C(O)=C\CNC=O. The lowest BCUT2D eigenvalue weighted by Crippen LogP contribution is -2.18. The summed E-state index contributed by atoms with van der Waals surface area (Å²) in [6, 6.07) is 0.995. The van der Waals surface area contributed by atoms with Crippen molar-refractivity contribution in [3.8, 4) is 24.3 Å². The lowest BCUT2D eigenvalue weighted by Gasteiger charge is -2.18. The summed E-state index contributed by atoms with van der Waals surface area (Å²) in [6.07, 6.45) is 10.7. The summed E-state index contributed by atoms with van der Waals surface area (Å²) in [4.78, 5) is 23.0. The minimum atomic E-state index is -0.787. The van der Waals surface area contributed by atoms with Crippen molar-refractivity contribution < 1.29 is 39.5 Å². The molecule has 0 bridgehead atoms. The van der Waals surface area contributed by atoms with E-state index in [1.807, 2.05) is 6.92 Å². The van der Waals surface area contributed by atoms with E-state index in [2.05, 4.69) is 18.2 Å². The standard InChI is InChI=1S/C22H30ClNO8.C2H2/c1-4-5-15-19(17(28)10-18(29)20(15)23)22(30)32-13(2)6-7-14(11-25)21(31-3)16(27)8-9-24-12-26;1-2/h8,10,12-13,25,27-29H,4-7,9,11H2,1-3H3,(H,24,26);1-2H/b16-8+,21-14+;. The fourth-order valence-corrected chi connectivity index (χ4v) is 3.31. The molecule has 1 aromatic rings. The summed E-state index contributed by atoms with van der Waals surface area (Å²) >= 11 is 6.11. The number of benzene rings is 1. The fraction of sp³-hybridized carbons (Fsp3) is 0.417. The van der Waals surface area contributed by atoms with E-state index in [4.69, 9.17) is 21.1 Å². The average Bonchev–Trinajstić information content (AvgIpc) is 2.81. The van der Waals surface area contributed by atoms with Gasteiger partial charge in [0.05, 0.1) is 24.8 Å². The van der Waals surface area contributed by atoms with E-state index in [0.29, 0.717) is 30.4 Å². The summed E-state index contributed by atoms with van der Waals surface area (Å²) in [5, 5.41) is 42.2. The van der Waals surface area contributed by atoms with Crippen LogP contribution >= 0.6 is 11.6 Å². The van der Waals surface area contributed by atoms with Gasteiger partial charge in [0.25, 0.3) is 0 Å². The number of aromatic hydroxyl groups is 2. The van der Waals surface area contributed by atoms with E-state index >= 15 is 0 Å². The molecule has 188 valence electrons. The molecule has 0 spiro atoms. The van der Waals surface area contributed by atoms with Gasteiger partial charge >= 0.3 is 5.97 Å². The number of nitrogens with one attached hydrogen (secondary N) is 1. The Labute approximate surface area is 204 Å². The number of aliphatic hydroxyl groups is 2. The van der Waals surface area contributed by atoms with Gasteiger partial charge in [-0.25, -0.2) is 4.79 Å². The lowest BCUT2D eigenvalue weighted by molar-refractivity contribution is -0.109. The Balaban J connectivity index is 0.00000529. The van der Waals surface area contributed by atoms with Crippen LogP contribution in [0.5, 0.6) is 11.5 Å². The molecule has 0 aromatic heterocycles. The van der Waals surface area contributed by atoms with Gasteiger partial charge in [0.15, 0.2) is 11.5 Å². The maximum atomic E-state index is 12.7. The summed E-state index contributed by atoms with van der Waals surface area (Å²) in [5.41, 5.74) is 0.582. The second-order valence-corrected chi connectivity index (χ2v) is 7.38. The zero-order valence-electron chi connectivity index (χ0n) is 19.5. The first-order chi connectivity index (χ1) is 16.2. The Morgan fingerprint density at radius 1 is 1.29 bits per heavy atom. The van der Waals surface area contributed by atoms with Gasteiger partial charge in [-0.3, -0.25) is 4.79 Å². The van der Waals surface area contributed by atoms with E-state index in [-0.39, 0.29) is 47.2 Å². The van der Waals surface area contributed by atoms with Crippen LogP contribution in [0.1, 0.15) is 49.0 Å². The molecular weight excluding hydrogens is 466 g/mol. The Morgan fingerprint density at radius 2 is 1.94 bits per heavy atom. The number of terminal acetylenes is 1. The number of hydrogen-bond acceptors (Lipinski definition) is 8. The zero-order valence-corrected chi connectivity index (χ0v) is 20.3. The molecule has 9 nitrogen and oxygen atoms in total. The molecule has 1 atom stereocenters. The number of phenols is 2. The Morgan fingerprint density at radius 3 is 2.47 bits per heavy atom. The Hall–Kier alpha value is -3.35. The predicted octanol–water partition coefficient (Wildman–Crippen LogP) is 3.36. The minimum absolute atomic E-state index is 0.00850. The van der Waals surface area contributed by atoms with Gasteiger partial charge in [0, 0.05) is 18.2 Å². The third-order valence-electron chi connectivity index (χ3n) is 4.63. The monoisotopic (exact) mass is 497 g/mol. The molecule has 0 aliphatic heterocycles. The van der Waals surface area contributed by atoms with Crippen LogP contribution in [0.2, 0.25) is 5.02 Å². The van der Waals surface area contributed by atoms with Crippen LogP contribution in [0.4, 0.5) is 0 Å². The molecule has 0 radical (unpaired) electrons. The normalized spacial score (nSPS) is 12.5. The van der Waals surface area contributed by atoms with Gasteiger partial charge in [0.2, 0.25) is 6.41 Å². The molecule has 0 saturated carbocycles. The van der Waals surface area contributed by atoms with Crippen molar-refractivity contribution in [2.45, 2.75) is 45.6 Å². The smallest absolute Gasteiger partial charge is 0.342 e. The largest absolute Gasteiger partial charge is 0.507 e. The van der Waals surface area contributed by atoms with E-state index in [9.17, 15) is 30.0 Å². The number of methoxy groups -OCH3 is 1. The van der Waals surface area contributed by atoms with Crippen LogP contribution in [0, 0.1) is 12.8 Å². The quantitative estimate of drug-likeness (QED) is 0.0696. The third kappa shape index (κ3) is 8.89. The number of ether oxygens (including phenoxy) is 2. The second-order valence-electron chi connectivity index (χ2n) is 7.00. The van der Waals surface area contributed by atoms with Gasteiger partial charge in [-0.05, 0) is 37.8 Å². The molecule has 0 fully saturated rings. The highest BCUT2D eigenvalue weighted by atomic mass is 35.5. The number of halogens is 1. The molecule has 0 aliphatic carbocycles. The summed E-state index contributed by atoms with van der Waals surface area (Å²) < 4.78 is 10.6. The molecule has 10 heteroatoms. The van der Waals surface area contributed by atoms with Crippen LogP contribution in [0.15, 0.2) is 29.2 Å². The molecule has 5 N–H and O–H groups in total. The van der Waals surface area contributed by atoms with Gasteiger partial charge in [0.1, 0.15) is 17.1 Å². The van der Waals surface area contributed by atoms with E-state index < -0.39 is 24.4 Å². The number of phenolic OH excluding ortho intramolecular Hbond substituents is 2. The summed E-state index contributed by atoms with van der Waals surface area (Å²) in [7, 11) is 1.33. The highest BCUT2D eigenvalue weighted by Gasteiger charge is 2.24. The highest BCUT2D eigenvalue weighted by Crippen LogP contribution is 2.37. The van der Waals surface area contributed by atoms with E-state index in [1.165, 1.54) is 13.2 Å². The fourth-order valence-electron chi connectivity index (χ4n) is 3.07. The molecule has 34 heavy (non-hydrogen) atoms. The van der Waals surface area contributed by atoms with Crippen molar-refractivity contribution >= 4 is 24.0 Å². The predicted molar refractivity (Wildman–Crippen MR) is 129 cm³/mol. The first-order valence-corrected chi connectivity index (χ1v) is 10.8. The molecule has 0 aliphatic rings. The summed E-state index contributed by atoms with van der Waals surface area (Å²) in [5.74, 6) is -1.72. The Bertz CT molecular complexity index is 908. The van der Waals surface area contributed by atoms with E-state index in [1.54, 1.807) is 6.92 Å². The van der Waals surface area contributed by atoms with Gasteiger partial charge in [-0.2, -0.15) is 0 Å². The zero-order chi connectivity index (χ0) is 26.3. The first kappa shape index (κ1) is 30.6. The topological polar surface area (TPSA) is 146 Å². The van der Waals surface area contributed by atoms with Crippen LogP contribution in [0.25, 0.3) is 0 Å². The molecular formula is C24H32ClNO8.